The number of sulfonamides is 2. The molecule has 18 nitrogen and oxygen atoms in total. The number of thiazole rings is 1. The lowest BCUT2D eigenvalue weighted by atomic mass is 10.1. The fourth-order valence-electron chi connectivity index (χ4n) is 5.13. The number of nitrogens with zero attached hydrogens (tertiary/aromatic N) is 5. The van der Waals surface area contributed by atoms with Gasteiger partial charge in [-0.1, -0.05) is 30.3 Å². The summed E-state index contributed by atoms with van der Waals surface area (Å²) in [6.07, 6.45) is 0. The number of hydrogen-bond acceptors (Lipinski definition) is 14. The van der Waals surface area contributed by atoms with Gasteiger partial charge in [0.15, 0.2) is 10.8 Å². The molecule has 1 amide bonds. The van der Waals surface area contributed by atoms with Gasteiger partial charge in [-0.25, -0.2) is 36.5 Å². The maximum atomic E-state index is 13.2. The molecule has 0 aliphatic carbocycles. The molecule has 0 saturated carbocycles. The van der Waals surface area contributed by atoms with Crippen LogP contribution in [0.2, 0.25) is 0 Å². The topological polar surface area (TPSA) is 258 Å². The van der Waals surface area contributed by atoms with E-state index in [2.05, 4.69) is 35.0 Å². The summed E-state index contributed by atoms with van der Waals surface area (Å²) in [4.78, 5) is 47.6. The van der Waals surface area contributed by atoms with Crippen LogP contribution in [-0.2, 0) is 20.0 Å². The van der Waals surface area contributed by atoms with Crippen LogP contribution in [0.15, 0.2) is 112 Å². The van der Waals surface area contributed by atoms with Gasteiger partial charge in [-0.3, -0.25) is 29.7 Å². The Morgan fingerprint density at radius 2 is 1.22 bits per heavy atom. The quantitative estimate of drug-likeness (QED) is 0.0707. The number of rotatable bonds is 13. The van der Waals surface area contributed by atoms with Crippen molar-refractivity contribution >= 4 is 76.8 Å². The number of carbonyl (C=O) groups is 1. The minimum absolute atomic E-state index is 0.0565. The van der Waals surface area contributed by atoms with Gasteiger partial charge in [0.05, 0.1) is 30.9 Å². The van der Waals surface area contributed by atoms with E-state index >= 15 is 0 Å². The molecule has 0 unspecified atom stereocenters. The second-order valence-corrected chi connectivity index (χ2v) is 15.8. The van der Waals surface area contributed by atoms with E-state index in [4.69, 9.17) is 0 Å². The van der Waals surface area contributed by atoms with Gasteiger partial charge in [0.25, 0.3) is 26.0 Å². The SMILES string of the molecule is Cc1cc(C)nc(NS(=O)(=O)c2ccc(Nc3c([N+](=O)[O-])cc(C(=O)Nc4ccc(S(=O)(=O)Nc5nc(-c6ccccc6)cs5)cc4)cc3[N+](=O)[O-])cc2)n1. The highest BCUT2D eigenvalue weighted by molar-refractivity contribution is 7.93. The van der Waals surface area contributed by atoms with Crippen LogP contribution >= 0.6 is 11.3 Å². The van der Waals surface area contributed by atoms with Crippen molar-refractivity contribution in [2.45, 2.75) is 23.6 Å². The van der Waals surface area contributed by atoms with E-state index in [1.54, 1.807) is 25.3 Å². The highest BCUT2D eigenvalue weighted by atomic mass is 32.2. The standard InChI is InChI=1S/C34H27N9O9S3/c1-20-16-21(2)36-33(35-20)40-54(49,50)26-12-8-24(9-13-26)37-31-29(42(45)46)17-23(18-30(31)43(47)48)32(44)38-25-10-14-27(15-11-25)55(51,52)41-34-39-28(19-53-34)22-6-4-3-5-7-22/h3-19,37H,1-2H3,(H,38,44)(H,39,41)(H,35,36,40). The summed E-state index contributed by atoms with van der Waals surface area (Å²) in [6, 6.07) is 22.3. The zero-order valence-corrected chi connectivity index (χ0v) is 30.9. The van der Waals surface area contributed by atoms with Gasteiger partial charge in [-0.2, -0.15) is 0 Å². The Morgan fingerprint density at radius 3 is 1.76 bits per heavy atom. The monoisotopic (exact) mass is 801 g/mol. The van der Waals surface area contributed by atoms with Gasteiger partial charge in [0.2, 0.25) is 5.95 Å². The number of nitrogens with one attached hydrogen (secondary N) is 4. The van der Waals surface area contributed by atoms with Crippen molar-refractivity contribution in [2.75, 3.05) is 20.1 Å². The Labute approximate surface area is 316 Å². The van der Waals surface area contributed by atoms with Gasteiger partial charge in [-0.05, 0) is 68.4 Å². The van der Waals surface area contributed by atoms with Gasteiger partial charge in [-0.15, -0.1) is 11.3 Å². The molecule has 0 aliphatic rings. The molecule has 0 bridgehead atoms. The Hall–Kier alpha value is -6.84. The first-order valence-electron chi connectivity index (χ1n) is 15.7. The van der Waals surface area contributed by atoms with Crippen molar-refractivity contribution in [1.82, 2.24) is 15.0 Å². The first-order valence-corrected chi connectivity index (χ1v) is 19.6. The van der Waals surface area contributed by atoms with Crippen LogP contribution in [0.3, 0.4) is 0 Å². The molecule has 0 atom stereocenters. The summed E-state index contributed by atoms with van der Waals surface area (Å²) in [7, 11) is -8.23. The number of anilines is 5. The molecule has 0 spiro atoms. The molecular formula is C34H27N9O9S3. The van der Waals surface area contributed by atoms with Gasteiger partial charge in [0, 0.05) is 45.8 Å². The van der Waals surface area contributed by atoms with Crippen LogP contribution in [0.25, 0.3) is 11.3 Å². The lowest BCUT2D eigenvalue weighted by molar-refractivity contribution is -0.392. The third kappa shape index (κ3) is 8.87. The van der Waals surface area contributed by atoms with E-state index in [9.17, 15) is 41.9 Å². The zero-order chi connectivity index (χ0) is 39.5. The van der Waals surface area contributed by atoms with E-state index in [0.717, 1.165) is 29.0 Å². The molecule has 0 saturated heterocycles. The smallest absolute Gasteiger partial charge is 0.300 e. The maximum absolute atomic E-state index is 13.2. The lowest BCUT2D eigenvalue weighted by Gasteiger charge is -2.12. The second-order valence-electron chi connectivity index (χ2n) is 11.6. The molecule has 4 N–H and O–H groups in total. The Bertz CT molecular complexity index is 2620. The fourth-order valence-corrected chi connectivity index (χ4v) is 8.04. The average molecular weight is 802 g/mol. The van der Waals surface area contributed by atoms with Crippen LogP contribution in [0, 0.1) is 34.1 Å². The van der Waals surface area contributed by atoms with E-state index in [1.165, 1.54) is 48.5 Å². The van der Waals surface area contributed by atoms with Crippen LogP contribution in [-0.4, -0.2) is 47.5 Å². The third-order valence-corrected chi connectivity index (χ3v) is 11.2. The van der Waals surface area contributed by atoms with Crippen molar-refractivity contribution in [3.63, 3.8) is 0 Å². The van der Waals surface area contributed by atoms with Crippen molar-refractivity contribution in [3.8, 4) is 11.3 Å². The molecule has 55 heavy (non-hydrogen) atoms. The summed E-state index contributed by atoms with van der Waals surface area (Å²) in [5, 5.41) is 31.1. The predicted octanol–water partition coefficient (Wildman–Crippen LogP) is 6.63. The minimum atomic E-state index is -4.15. The first-order chi connectivity index (χ1) is 26.1. The number of amides is 1. The van der Waals surface area contributed by atoms with Crippen molar-refractivity contribution in [1.29, 1.82) is 0 Å². The molecule has 6 rings (SSSR count). The molecular weight excluding hydrogens is 775 g/mol. The Balaban J connectivity index is 1.17. The van der Waals surface area contributed by atoms with Gasteiger partial charge < -0.3 is 10.6 Å². The average Bonchev–Trinajstić information content (AvgIpc) is 3.59. The maximum Gasteiger partial charge on any atom is 0.300 e. The van der Waals surface area contributed by atoms with Gasteiger partial charge >= 0.3 is 11.4 Å². The molecule has 21 heteroatoms. The predicted molar refractivity (Wildman–Crippen MR) is 205 cm³/mol. The molecule has 4 aromatic carbocycles. The first kappa shape index (κ1) is 37.9. The summed E-state index contributed by atoms with van der Waals surface area (Å²) in [5.74, 6) is -1.10. The zero-order valence-electron chi connectivity index (χ0n) is 28.5. The minimum Gasteiger partial charge on any atom is -0.344 e. The van der Waals surface area contributed by atoms with Crippen molar-refractivity contribution in [3.05, 3.63) is 140 Å². The lowest BCUT2D eigenvalue weighted by Crippen LogP contribution is -2.16. The molecule has 6 aromatic rings. The Morgan fingerprint density at radius 1 is 0.691 bits per heavy atom. The number of nitro benzene ring substituents is 2. The number of aromatic nitrogens is 3. The Kier molecular flexibility index (Phi) is 10.5. The number of benzene rings is 4. The summed E-state index contributed by atoms with van der Waals surface area (Å²) >= 11 is 1.10. The van der Waals surface area contributed by atoms with Crippen LogP contribution in [0.5, 0.6) is 0 Å². The van der Waals surface area contributed by atoms with E-state index in [1.807, 2.05) is 30.3 Å². The third-order valence-electron chi connectivity index (χ3n) is 7.61. The molecule has 2 aromatic heterocycles. The van der Waals surface area contributed by atoms with Gasteiger partial charge in [0.1, 0.15) is 0 Å². The molecule has 280 valence electrons. The molecule has 0 aliphatic heterocycles. The van der Waals surface area contributed by atoms with Crippen LogP contribution in [0.1, 0.15) is 21.7 Å². The van der Waals surface area contributed by atoms with Crippen LogP contribution in [0.4, 0.5) is 39.5 Å². The summed E-state index contributed by atoms with van der Waals surface area (Å²) in [5.41, 5.74) is -0.0354. The highest BCUT2D eigenvalue weighted by Crippen LogP contribution is 2.38. The van der Waals surface area contributed by atoms with E-state index < -0.39 is 58.4 Å². The van der Waals surface area contributed by atoms with E-state index in [-0.39, 0.29) is 32.2 Å². The summed E-state index contributed by atoms with van der Waals surface area (Å²) in [6.45, 7) is 3.34. The number of carbonyl (C=O) groups excluding carboxylic acids is 1. The fraction of sp³-hybridized carbons (Fsp3) is 0.0588. The number of aryl methyl sites for hydroxylation is 2. The highest BCUT2D eigenvalue weighted by Gasteiger charge is 2.29. The molecule has 2 heterocycles. The van der Waals surface area contributed by atoms with Crippen LogP contribution < -0.4 is 20.1 Å². The molecule has 0 radical (unpaired) electrons. The van der Waals surface area contributed by atoms with E-state index in [0.29, 0.717) is 17.1 Å². The normalized spacial score (nSPS) is 11.4. The number of hydrogen-bond donors (Lipinski definition) is 4. The number of nitro groups is 2. The van der Waals surface area contributed by atoms with Crippen molar-refractivity contribution < 1.29 is 31.5 Å². The molecule has 0 fully saturated rings. The largest absolute Gasteiger partial charge is 0.344 e. The summed E-state index contributed by atoms with van der Waals surface area (Å²) < 4.78 is 56.6. The second kappa shape index (κ2) is 15.3. The van der Waals surface area contributed by atoms with Crippen molar-refractivity contribution in [2.24, 2.45) is 0 Å².